The quantitative estimate of drug-likeness (QED) is 0.632. The second-order valence-electron chi connectivity index (χ2n) is 4.97. The zero-order valence-electron chi connectivity index (χ0n) is 11.7. The third-order valence-corrected chi connectivity index (χ3v) is 4.56. The van der Waals surface area contributed by atoms with Gasteiger partial charge in [0.1, 0.15) is 0 Å². The summed E-state index contributed by atoms with van der Waals surface area (Å²) in [6.07, 6.45) is 0. The summed E-state index contributed by atoms with van der Waals surface area (Å²) < 4.78 is 1.25. The maximum atomic E-state index is 11.3. The summed E-state index contributed by atoms with van der Waals surface area (Å²) in [6, 6.07) is 12.0. The van der Waals surface area contributed by atoms with Crippen molar-refractivity contribution in [3.63, 3.8) is 0 Å². The van der Waals surface area contributed by atoms with Crippen molar-refractivity contribution in [1.29, 1.82) is 0 Å². The minimum atomic E-state index is 0.0927. The Labute approximate surface area is 122 Å². The third kappa shape index (κ3) is 2.14. The van der Waals surface area contributed by atoms with Crippen molar-refractivity contribution in [3.05, 3.63) is 52.5 Å². The largest absolute Gasteiger partial charge is 0.295 e. The van der Waals surface area contributed by atoms with E-state index in [9.17, 15) is 4.79 Å². The molecule has 2 aromatic carbocycles. The molecule has 0 amide bonds. The minimum Gasteiger partial charge on any atom is -0.295 e. The highest BCUT2D eigenvalue weighted by Crippen LogP contribution is 2.33. The fourth-order valence-electron chi connectivity index (χ4n) is 2.36. The van der Waals surface area contributed by atoms with Crippen LogP contribution in [0.1, 0.15) is 27.9 Å². The van der Waals surface area contributed by atoms with Gasteiger partial charge >= 0.3 is 0 Å². The molecule has 1 heterocycles. The minimum absolute atomic E-state index is 0.0927. The van der Waals surface area contributed by atoms with E-state index >= 15 is 0 Å². The normalized spacial score (nSPS) is 10.9. The lowest BCUT2D eigenvalue weighted by atomic mass is 10.0. The molecule has 20 heavy (non-hydrogen) atoms. The molecule has 1 aromatic heterocycles. The number of aryl methyl sites for hydroxylation is 2. The van der Waals surface area contributed by atoms with Crippen LogP contribution in [0.25, 0.3) is 21.3 Å². The van der Waals surface area contributed by atoms with E-state index in [4.69, 9.17) is 0 Å². The highest BCUT2D eigenvalue weighted by Gasteiger charge is 2.10. The van der Waals surface area contributed by atoms with Gasteiger partial charge in [-0.3, -0.25) is 4.79 Å². The van der Waals surface area contributed by atoms with Crippen LogP contribution in [0, 0.1) is 13.8 Å². The molecule has 0 aliphatic rings. The maximum absolute atomic E-state index is 11.3. The monoisotopic (exact) mass is 281 g/mol. The molecule has 3 aromatic rings. The first-order valence-electron chi connectivity index (χ1n) is 6.54. The number of aromatic nitrogens is 1. The highest BCUT2D eigenvalue weighted by atomic mass is 32.1. The topological polar surface area (TPSA) is 30.0 Å². The Morgan fingerprint density at radius 3 is 2.40 bits per heavy atom. The van der Waals surface area contributed by atoms with E-state index in [0.717, 1.165) is 27.2 Å². The Bertz CT molecular complexity index is 800. The molecule has 0 aliphatic heterocycles. The molecule has 0 saturated carbocycles. The lowest BCUT2D eigenvalue weighted by Crippen LogP contribution is -1.91. The van der Waals surface area contributed by atoms with Crippen LogP contribution >= 0.6 is 11.3 Å². The Kier molecular flexibility index (Phi) is 3.14. The number of hydrogen-bond donors (Lipinski definition) is 0. The zero-order valence-corrected chi connectivity index (χ0v) is 12.5. The van der Waals surface area contributed by atoms with Crippen molar-refractivity contribution in [2.75, 3.05) is 0 Å². The van der Waals surface area contributed by atoms with E-state index in [1.807, 2.05) is 31.2 Å². The van der Waals surface area contributed by atoms with Gasteiger partial charge in [0.2, 0.25) is 0 Å². The van der Waals surface area contributed by atoms with Crippen molar-refractivity contribution in [1.82, 2.24) is 4.98 Å². The summed E-state index contributed by atoms with van der Waals surface area (Å²) in [5.74, 6) is 0.0927. The molecule has 0 unspecified atom stereocenters. The third-order valence-electron chi connectivity index (χ3n) is 3.45. The number of carbonyl (C=O) groups is 1. The first-order valence-corrected chi connectivity index (χ1v) is 7.36. The van der Waals surface area contributed by atoms with E-state index in [-0.39, 0.29) is 5.78 Å². The van der Waals surface area contributed by atoms with E-state index in [1.165, 1.54) is 10.3 Å². The SMILES string of the molecule is CC(=O)c1ccc(-c2ccc(C)c3sc(C)nc23)cc1. The standard InChI is InChI=1S/C17H15NOS/c1-10-4-9-15(16-17(10)20-12(3)18-16)14-7-5-13(6-8-14)11(2)19/h4-9H,1-3H3. The molecule has 0 fully saturated rings. The summed E-state index contributed by atoms with van der Waals surface area (Å²) in [6.45, 7) is 5.73. The Balaban J connectivity index is 2.19. The smallest absolute Gasteiger partial charge is 0.159 e. The number of fused-ring (bicyclic) bond motifs is 1. The lowest BCUT2D eigenvalue weighted by molar-refractivity contribution is 0.101. The van der Waals surface area contributed by atoms with Gasteiger partial charge < -0.3 is 0 Å². The first kappa shape index (κ1) is 13.0. The average Bonchev–Trinajstić information content (AvgIpc) is 2.82. The van der Waals surface area contributed by atoms with Crippen molar-refractivity contribution in [2.45, 2.75) is 20.8 Å². The van der Waals surface area contributed by atoms with E-state index in [1.54, 1.807) is 18.3 Å². The predicted molar refractivity (Wildman–Crippen MR) is 84.5 cm³/mol. The van der Waals surface area contributed by atoms with Crippen molar-refractivity contribution < 1.29 is 4.79 Å². The molecule has 100 valence electrons. The average molecular weight is 281 g/mol. The second kappa shape index (κ2) is 4.84. The lowest BCUT2D eigenvalue weighted by Gasteiger charge is -2.05. The fraction of sp³-hybridized carbons (Fsp3) is 0.176. The number of ketones is 1. The van der Waals surface area contributed by atoms with Gasteiger partial charge in [-0.2, -0.15) is 0 Å². The summed E-state index contributed by atoms with van der Waals surface area (Å²) in [4.78, 5) is 16.0. The van der Waals surface area contributed by atoms with Crippen molar-refractivity contribution in [2.24, 2.45) is 0 Å². The predicted octanol–water partition coefficient (Wildman–Crippen LogP) is 4.78. The van der Waals surface area contributed by atoms with E-state index in [0.29, 0.717) is 0 Å². The number of benzene rings is 2. The summed E-state index contributed by atoms with van der Waals surface area (Å²) in [5, 5.41) is 1.08. The number of rotatable bonds is 2. The molecular weight excluding hydrogens is 266 g/mol. The van der Waals surface area contributed by atoms with Crippen LogP contribution in [-0.4, -0.2) is 10.8 Å². The number of thiazole rings is 1. The van der Waals surface area contributed by atoms with Gasteiger partial charge in [-0.1, -0.05) is 36.4 Å². The van der Waals surface area contributed by atoms with Crippen molar-refractivity contribution >= 4 is 27.3 Å². The number of hydrogen-bond acceptors (Lipinski definition) is 3. The molecule has 2 nitrogen and oxygen atoms in total. The van der Waals surface area contributed by atoms with Gasteiger partial charge in [-0.05, 0) is 31.9 Å². The Hall–Kier alpha value is -2.00. The van der Waals surface area contributed by atoms with Crippen LogP contribution < -0.4 is 0 Å². The Morgan fingerprint density at radius 1 is 1.05 bits per heavy atom. The maximum Gasteiger partial charge on any atom is 0.159 e. The Morgan fingerprint density at radius 2 is 1.75 bits per heavy atom. The second-order valence-corrected chi connectivity index (χ2v) is 6.18. The van der Waals surface area contributed by atoms with Gasteiger partial charge in [0, 0.05) is 11.1 Å². The highest BCUT2D eigenvalue weighted by molar-refractivity contribution is 7.18. The first-order chi connectivity index (χ1) is 9.56. The van der Waals surface area contributed by atoms with Crippen LogP contribution in [0.4, 0.5) is 0 Å². The summed E-state index contributed by atoms with van der Waals surface area (Å²) >= 11 is 1.73. The van der Waals surface area contributed by atoms with Crippen LogP contribution in [0.2, 0.25) is 0 Å². The molecule has 0 aliphatic carbocycles. The molecule has 0 radical (unpaired) electrons. The zero-order chi connectivity index (χ0) is 14.3. The molecule has 0 bridgehead atoms. The van der Waals surface area contributed by atoms with Gasteiger partial charge in [-0.15, -0.1) is 11.3 Å². The van der Waals surface area contributed by atoms with Crippen LogP contribution in [0.5, 0.6) is 0 Å². The van der Waals surface area contributed by atoms with E-state index < -0.39 is 0 Å². The van der Waals surface area contributed by atoms with Crippen LogP contribution in [-0.2, 0) is 0 Å². The molecule has 0 saturated heterocycles. The van der Waals surface area contributed by atoms with E-state index in [2.05, 4.69) is 24.0 Å². The number of nitrogens with zero attached hydrogens (tertiary/aromatic N) is 1. The fourth-order valence-corrected chi connectivity index (χ4v) is 3.27. The van der Waals surface area contributed by atoms with Gasteiger partial charge in [0.15, 0.2) is 5.78 Å². The van der Waals surface area contributed by atoms with Gasteiger partial charge in [-0.25, -0.2) is 4.98 Å². The summed E-state index contributed by atoms with van der Waals surface area (Å²) in [5.41, 5.74) is 5.29. The molecule has 3 heteroatoms. The van der Waals surface area contributed by atoms with Gasteiger partial charge in [0.05, 0.1) is 15.2 Å². The number of carbonyl (C=O) groups excluding carboxylic acids is 1. The molecule has 0 spiro atoms. The number of Topliss-reactive ketones (excluding diaryl/α,β-unsaturated/α-hetero) is 1. The molecular formula is C17H15NOS. The summed E-state index contributed by atoms with van der Waals surface area (Å²) in [7, 11) is 0. The molecule has 0 N–H and O–H groups in total. The van der Waals surface area contributed by atoms with Crippen LogP contribution in [0.15, 0.2) is 36.4 Å². The molecule has 0 atom stereocenters. The molecule has 3 rings (SSSR count). The van der Waals surface area contributed by atoms with Crippen molar-refractivity contribution in [3.8, 4) is 11.1 Å². The van der Waals surface area contributed by atoms with Crippen LogP contribution in [0.3, 0.4) is 0 Å². The van der Waals surface area contributed by atoms with Gasteiger partial charge in [0.25, 0.3) is 0 Å².